The van der Waals surface area contributed by atoms with Crippen LogP contribution in [0, 0.1) is 0 Å². The number of aliphatic hydroxyl groups is 3. The molecular weight excluding hydrogens is 180 g/mol. The van der Waals surface area contributed by atoms with E-state index < -0.39 is 5.41 Å². The van der Waals surface area contributed by atoms with Crippen LogP contribution in [0.5, 0.6) is 0 Å². The van der Waals surface area contributed by atoms with E-state index >= 15 is 0 Å². The monoisotopic (exact) mass is 198 g/mol. The average Bonchev–Trinajstić information content (AvgIpc) is 2.23. The summed E-state index contributed by atoms with van der Waals surface area (Å²) < 4.78 is 0. The zero-order valence-electron chi connectivity index (χ0n) is 7.35. The Balaban J connectivity index is 0.00000169. The van der Waals surface area contributed by atoms with Crippen molar-refractivity contribution >= 4 is 0 Å². The second-order valence-electron chi connectivity index (χ2n) is 3.12. The fourth-order valence-corrected chi connectivity index (χ4v) is 1.22. The van der Waals surface area contributed by atoms with E-state index in [1.165, 1.54) is 0 Å². The van der Waals surface area contributed by atoms with Gasteiger partial charge in [0.15, 0.2) is 0 Å². The van der Waals surface area contributed by atoms with Gasteiger partial charge >= 0.3 is 0 Å². The molecule has 1 rings (SSSR count). The molecule has 0 aliphatic heterocycles. The molecule has 3 nitrogen and oxygen atoms in total. The minimum Gasteiger partial charge on any atom is -0.395 e. The van der Waals surface area contributed by atoms with Crippen molar-refractivity contribution in [1.29, 1.82) is 0 Å². The van der Waals surface area contributed by atoms with Crippen molar-refractivity contribution < 1.29 is 15.3 Å². The van der Waals surface area contributed by atoms with E-state index in [4.69, 9.17) is 15.3 Å². The summed E-state index contributed by atoms with van der Waals surface area (Å²) in [4.78, 5) is 0. The SMILES string of the molecule is C.OCC(CO)(CO)c1ccccc1. The lowest BCUT2D eigenvalue weighted by molar-refractivity contribution is 0.0641. The zero-order valence-corrected chi connectivity index (χ0v) is 7.35. The number of rotatable bonds is 4. The van der Waals surface area contributed by atoms with Crippen molar-refractivity contribution in [2.45, 2.75) is 12.8 Å². The van der Waals surface area contributed by atoms with Crippen LogP contribution in [0.4, 0.5) is 0 Å². The highest BCUT2D eigenvalue weighted by Gasteiger charge is 2.29. The summed E-state index contributed by atoms with van der Waals surface area (Å²) in [5.74, 6) is 0. The molecule has 0 amide bonds. The van der Waals surface area contributed by atoms with Crippen LogP contribution in [-0.4, -0.2) is 35.1 Å². The summed E-state index contributed by atoms with van der Waals surface area (Å²) >= 11 is 0. The van der Waals surface area contributed by atoms with Crippen LogP contribution in [0.3, 0.4) is 0 Å². The second-order valence-corrected chi connectivity index (χ2v) is 3.12. The molecule has 0 bridgehead atoms. The highest BCUT2D eigenvalue weighted by Crippen LogP contribution is 2.22. The molecule has 0 heterocycles. The van der Waals surface area contributed by atoms with Gasteiger partial charge in [0.05, 0.1) is 25.2 Å². The van der Waals surface area contributed by atoms with E-state index in [2.05, 4.69) is 0 Å². The maximum absolute atomic E-state index is 9.11. The summed E-state index contributed by atoms with van der Waals surface area (Å²) in [6, 6.07) is 9.03. The third-order valence-corrected chi connectivity index (χ3v) is 2.29. The number of aliphatic hydroxyl groups excluding tert-OH is 3. The van der Waals surface area contributed by atoms with Gasteiger partial charge in [0, 0.05) is 0 Å². The number of benzene rings is 1. The Kier molecular flexibility index (Phi) is 5.38. The van der Waals surface area contributed by atoms with Crippen LogP contribution < -0.4 is 0 Å². The van der Waals surface area contributed by atoms with Crippen molar-refractivity contribution in [2.75, 3.05) is 19.8 Å². The summed E-state index contributed by atoms with van der Waals surface area (Å²) in [6.07, 6.45) is 0. The molecule has 0 spiro atoms. The predicted molar refractivity (Wildman–Crippen MR) is 56.1 cm³/mol. The van der Waals surface area contributed by atoms with E-state index in [0.717, 1.165) is 5.56 Å². The lowest BCUT2D eigenvalue weighted by Gasteiger charge is -2.27. The summed E-state index contributed by atoms with van der Waals surface area (Å²) in [5.41, 5.74) is -0.163. The molecule has 0 saturated carbocycles. The van der Waals surface area contributed by atoms with Crippen LogP contribution in [0.2, 0.25) is 0 Å². The lowest BCUT2D eigenvalue weighted by atomic mass is 9.83. The first kappa shape index (κ1) is 13.1. The van der Waals surface area contributed by atoms with Crippen LogP contribution in [-0.2, 0) is 5.41 Å². The van der Waals surface area contributed by atoms with Crippen molar-refractivity contribution in [3.05, 3.63) is 35.9 Å². The molecule has 1 aromatic rings. The van der Waals surface area contributed by atoms with Crippen molar-refractivity contribution in [3.8, 4) is 0 Å². The maximum atomic E-state index is 9.11. The van der Waals surface area contributed by atoms with Crippen LogP contribution >= 0.6 is 0 Å². The molecule has 3 heteroatoms. The highest BCUT2D eigenvalue weighted by atomic mass is 16.3. The number of hydrogen-bond donors (Lipinski definition) is 3. The van der Waals surface area contributed by atoms with E-state index in [1.807, 2.05) is 18.2 Å². The molecule has 0 unspecified atom stereocenters. The van der Waals surface area contributed by atoms with Gasteiger partial charge in [0.25, 0.3) is 0 Å². The molecule has 0 radical (unpaired) electrons. The van der Waals surface area contributed by atoms with Gasteiger partial charge in [-0.2, -0.15) is 0 Å². The van der Waals surface area contributed by atoms with Gasteiger partial charge in [-0.05, 0) is 5.56 Å². The second kappa shape index (κ2) is 5.75. The average molecular weight is 198 g/mol. The normalized spacial score (nSPS) is 10.8. The molecule has 0 atom stereocenters. The molecule has 1 aromatic carbocycles. The molecular formula is C11H18O3. The Hall–Kier alpha value is -0.900. The Bertz CT molecular complexity index is 234. The molecule has 14 heavy (non-hydrogen) atoms. The quantitative estimate of drug-likeness (QED) is 0.661. The van der Waals surface area contributed by atoms with Crippen LogP contribution in [0.25, 0.3) is 0 Å². The van der Waals surface area contributed by atoms with Crippen molar-refractivity contribution in [1.82, 2.24) is 0 Å². The third kappa shape index (κ3) is 2.32. The van der Waals surface area contributed by atoms with Crippen LogP contribution in [0.15, 0.2) is 30.3 Å². The third-order valence-electron chi connectivity index (χ3n) is 2.29. The fraction of sp³-hybridized carbons (Fsp3) is 0.455. The number of hydrogen-bond acceptors (Lipinski definition) is 3. The largest absolute Gasteiger partial charge is 0.395 e. The lowest BCUT2D eigenvalue weighted by Crippen LogP contribution is -2.38. The maximum Gasteiger partial charge on any atom is 0.0645 e. The standard InChI is InChI=1S/C10H14O3.CH4/c11-6-10(7-12,8-13)9-4-2-1-3-5-9;/h1-5,11-13H,6-8H2;1H4. The fourth-order valence-electron chi connectivity index (χ4n) is 1.22. The van der Waals surface area contributed by atoms with Gasteiger partial charge < -0.3 is 15.3 Å². The van der Waals surface area contributed by atoms with Crippen molar-refractivity contribution in [2.24, 2.45) is 0 Å². The Morgan fingerprint density at radius 1 is 0.857 bits per heavy atom. The molecule has 0 aliphatic carbocycles. The van der Waals surface area contributed by atoms with Gasteiger partial charge in [0.2, 0.25) is 0 Å². The van der Waals surface area contributed by atoms with Gasteiger partial charge in [-0.3, -0.25) is 0 Å². The van der Waals surface area contributed by atoms with Gasteiger partial charge in [-0.25, -0.2) is 0 Å². The summed E-state index contributed by atoms with van der Waals surface area (Å²) in [5, 5.41) is 27.3. The summed E-state index contributed by atoms with van der Waals surface area (Å²) in [6.45, 7) is -0.780. The van der Waals surface area contributed by atoms with Gasteiger partial charge in [-0.1, -0.05) is 37.8 Å². The van der Waals surface area contributed by atoms with E-state index in [0.29, 0.717) is 0 Å². The van der Waals surface area contributed by atoms with Crippen LogP contribution in [0.1, 0.15) is 13.0 Å². The van der Waals surface area contributed by atoms with E-state index in [9.17, 15) is 0 Å². The molecule has 0 fully saturated rings. The molecule has 0 saturated heterocycles. The minimum atomic E-state index is -0.915. The van der Waals surface area contributed by atoms with Crippen molar-refractivity contribution in [3.63, 3.8) is 0 Å². The van der Waals surface area contributed by atoms with Gasteiger partial charge in [-0.15, -0.1) is 0 Å². The first-order valence-electron chi connectivity index (χ1n) is 4.17. The molecule has 0 aromatic heterocycles. The van der Waals surface area contributed by atoms with Gasteiger partial charge in [0.1, 0.15) is 0 Å². The first-order valence-corrected chi connectivity index (χ1v) is 4.17. The first-order chi connectivity index (χ1) is 6.29. The molecule has 0 aliphatic rings. The Labute approximate surface area is 84.6 Å². The Morgan fingerprint density at radius 2 is 1.29 bits per heavy atom. The summed E-state index contributed by atoms with van der Waals surface area (Å²) in [7, 11) is 0. The Morgan fingerprint density at radius 3 is 1.64 bits per heavy atom. The highest BCUT2D eigenvalue weighted by molar-refractivity contribution is 5.25. The topological polar surface area (TPSA) is 60.7 Å². The molecule has 3 N–H and O–H groups in total. The molecule has 80 valence electrons. The minimum absolute atomic E-state index is 0. The van der Waals surface area contributed by atoms with E-state index in [-0.39, 0.29) is 27.2 Å². The zero-order chi connectivity index (χ0) is 9.73. The van der Waals surface area contributed by atoms with E-state index in [1.54, 1.807) is 12.1 Å². The smallest absolute Gasteiger partial charge is 0.0645 e. The predicted octanol–water partition coefficient (Wildman–Crippen LogP) is 0.537.